The van der Waals surface area contributed by atoms with Crippen LogP contribution in [0.1, 0.15) is 35.0 Å². The largest absolute Gasteiger partial charge is 0.448 e. The van der Waals surface area contributed by atoms with Crippen molar-refractivity contribution in [2.45, 2.75) is 20.0 Å². The fourth-order valence-corrected chi connectivity index (χ4v) is 2.86. The fraction of sp³-hybridized carbons (Fsp3) is 0.222. The molecule has 0 aliphatic carbocycles. The number of aromatic nitrogens is 3. The van der Waals surface area contributed by atoms with Crippen molar-refractivity contribution >= 4 is 22.4 Å². The lowest BCUT2D eigenvalue weighted by Crippen LogP contribution is -2.10. The molecule has 1 aromatic carbocycles. The Morgan fingerprint density at radius 3 is 3.08 bits per heavy atom. The molecule has 0 aliphatic rings. The lowest BCUT2D eigenvalue weighted by Gasteiger charge is -2.07. The van der Waals surface area contributed by atoms with Gasteiger partial charge < -0.3 is 14.5 Å². The third-order valence-electron chi connectivity index (χ3n) is 3.45. The summed E-state index contributed by atoms with van der Waals surface area (Å²) in [6, 6.07) is 7.73. The van der Waals surface area contributed by atoms with E-state index in [1.54, 1.807) is 18.4 Å². The number of nitrogens with one attached hydrogen (secondary N) is 1. The first-order chi connectivity index (χ1) is 12.6. The van der Waals surface area contributed by atoms with Gasteiger partial charge in [0.1, 0.15) is 0 Å². The second-order valence-corrected chi connectivity index (χ2v) is 6.43. The molecular weight excluding hydrogens is 352 g/mol. The maximum absolute atomic E-state index is 12.2. The first kappa shape index (κ1) is 17.8. The minimum absolute atomic E-state index is 0.229. The Morgan fingerprint density at radius 2 is 2.31 bits per heavy atom. The van der Waals surface area contributed by atoms with Gasteiger partial charge in [-0.1, -0.05) is 23.8 Å². The molecule has 0 spiro atoms. The molecular formula is C18H18N4O3S. The Hall–Kier alpha value is -3.00. The monoisotopic (exact) mass is 370 g/mol. The number of anilines is 1. The molecule has 26 heavy (non-hydrogen) atoms. The SMILES string of the molecule is C=CCNc1nc(C(=O)O[C@@H](C)c2nnc(-c3cccc(C)c3)o2)cs1. The summed E-state index contributed by atoms with van der Waals surface area (Å²) in [6.07, 6.45) is 1.03. The predicted molar refractivity (Wildman–Crippen MR) is 99.1 cm³/mol. The first-order valence-corrected chi connectivity index (χ1v) is 8.86. The highest BCUT2D eigenvalue weighted by atomic mass is 32.1. The van der Waals surface area contributed by atoms with Gasteiger partial charge in [-0.3, -0.25) is 0 Å². The Morgan fingerprint density at radius 1 is 1.46 bits per heavy atom. The van der Waals surface area contributed by atoms with Gasteiger partial charge in [-0.05, 0) is 26.0 Å². The number of ether oxygens (including phenoxy) is 1. The summed E-state index contributed by atoms with van der Waals surface area (Å²) in [5.41, 5.74) is 2.14. The number of thiazole rings is 1. The van der Waals surface area contributed by atoms with Gasteiger partial charge in [-0.25, -0.2) is 9.78 Å². The highest BCUT2D eigenvalue weighted by Crippen LogP contribution is 2.24. The van der Waals surface area contributed by atoms with Crippen molar-refractivity contribution in [3.05, 3.63) is 59.4 Å². The Labute approximate surface area is 154 Å². The van der Waals surface area contributed by atoms with Crippen LogP contribution in [0.3, 0.4) is 0 Å². The topological polar surface area (TPSA) is 90.1 Å². The van der Waals surface area contributed by atoms with Crippen LogP contribution in [0.2, 0.25) is 0 Å². The molecule has 3 aromatic rings. The molecule has 134 valence electrons. The summed E-state index contributed by atoms with van der Waals surface area (Å²) in [7, 11) is 0. The molecule has 0 amide bonds. The third kappa shape index (κ3) is 4.15. The van der Waals surface area contributed by atoms with Gasteiger partial charge in [0.2, 0.25) is 5.89 Å². The number of benzene rings is 1. The number of hydrogen-bond acceptors (Lipinski definition) is 8. The Kier molecular flexibility index (Phi) is 5.43. The number of carbonyl (C=O) groups is 1. The van der Waals surface area contributed by atoms with Gasteiger partial charge in [0.25, 0.3) is 5.89 Å². The average Bonchev–Trinajstić information content (AvgIpc) is 3.29. The van der Waals surface area contributed by atoms with Crippen molar-refractivity contribution in [2.24, 2.45) is 0 Å². The van der Waals surface area contributed by atoms with Crippen LogP contribution in [0, 0.1) is 6.92 Å². The molecule has 7 nitrogen and oxygen atoms in total. The molecule has 2 heterocycles. The standard InChI is InChI=1S/C18H18N4O3S/c1-4-8-19-18-20-14(10-26-18)17(23)24-12(3)15-21-22-16(25-15)13-7-5-6-11(2)9-13/h4-7,9-10,12H,1,8H2,2-3H3,(H,19,20)/t12-/m0/s1. The Bertz CT molecular complexity index is 919. The van der Waals surface area contributed by atoms with Gasteiger partial charge in [0.15, 0.2) is 16.9 Å². The van der Waals surface area contributed by atoms with Gasteiger partial charge in [-0.15, -0.1) is 28.1 Å². The van der Waals surface area contributed by atoms with E-state index in [0.717, 1.165) is 11.1 Å². The van der Waals surface area contributed by atoms with Crippen LogP contribution in [-0.4, -0.2) is 27.7 Å². The second-order valence-electron chi connectivity index (χ2n) is 5.57. The van der Waals surface area contributed by atoms with Crippen LogP contribution in [0.4, 0.5) is 5.13 Å². The molecule has 0 saturated carbocycles. The molecule has 0 bridgehead atoms. The molecule has 1 N–H and O–H groups in total. The van der Waals surface area contributed by atoms with Crippen LogP contribution in [0.15, 0.2) is 46.7 Å². The molecule has 0 aliphatic heterocycles. The smallest absolute Gasteiger partial charge is 0.358 e. The number of aryl methyl sites for hydroxylation is 1. The van der Waals surface area contributed by atoms with Gasteiger partial charge in [0, 0.05) is 17.5 Å². The van der Waals surface area contributed by atoms with Crippen LogP contribution in [0.25, 0.3) is 11.5 Å². The zero-order valence-corrected chi connectivity index (χ0v) is 15.2. The first-order valence-electron chi connectivity index (χ1n) is 7.98. The summed E-state index contributed by atoms with van der Waals surface area (Å²) in [5.74, 6) is 0.0713. The van der Waals surface area contributed by atoms with Gasteiger partial charge >= 0.3 is 5.97 Å². The van der Waals surface area contributed by atoms with Crippen molar-refractivity contribution < 1.29 is 13.9 Å². The van der Waals surface area contributed by atoms with E-state index in [-0.39, 0.29) is 11.6 Å². The van der Waals surface area contributed by atoms with Crippen molar-refractivity contribution in [3.63, 3.8) is 0 Å². The zero-order valence-electron chi connectivity index (χ0n) is 14.4. The summed E-state index contributed by atoms with van der Waals surface area (Å²) in [5, 5.41) is 13.3. The van der Waals surface area contributed by atoms with Crippen molar-refractivity contribution in [3.8, 4) is 11.5 Å². The van der Waals surface area contributed by atoms with E-state index < -0.39 is 12.1 Å². The van der Waals surface area contributed by atoms with E-state index in [2.05, 4.69) is 27.1 Å². The lowest BCUT2D eigenvalue weighted by molar-refractivity contribution is 0.0274. The summed E-state index contributed by atoms with van der Waals surface area (Å²) >= 11 is 1.32. The molecule has 0 radical (unpaired) electrons. The highest BCUT2D eigenvalue weighted by molar-refractivity contribution is 7.13. The molecule has 8 heteroatoms. The molecule has 2 aromatic heterocycles. The van der Waals surface area contributed by atoms with E-state index in [9.17, 15) is 4.79 Å². The molecule has 0 fully saturated rings. The third-order valence-corrected chi connectivity index (χ3v) is 4.25. The maximum atomic E-state index is 12.2. The van der Waals surface area contributed by atoms with Crippen molar-refractivity contribution in [2.75, 3.05) is 11.9 Å². The highest BCUT2D eigenvalue weighted by Gasteiger charge is 2.21. The maximum Gasteiger partial charge on any atom is 0.358 e. The molecule has 0 saturated heterocycles. The Balaban J connectivity index is 1.66. The number of nitrogens with zero attached hydrogens (tertiary/aromatic N) is 3. The van der Waals surface area contributed by atoms with Crippen LogP contribution >= 0.6 is 11.3 Å². The minimum Gasteiger partial charge on any atom is -0.448 e. The van der Waals surface area contributed by atoms with E-state index in [1.807, 2.05) is 31.2 Å². The van der Waals surface area contributed by atoms with Crippen molar-refractivity contribution in [1.82, 2.24) is 15.2 Å². The lowest BCUT2D eigenvalue weighted by atomic mass is 10.1. The summed E-state index contributed by atoms with van der Waals surface area (Å²) < 4.78 is 11.0. The van der Waals surface area contributed by atoms with Crippen LogP contribution < -0.4 is 5.32 Å². The van der Waals surface area contributed by atoms with Crippen molar-refractivity contribution in [1.29, 1.82) is 0 Å². The molecule has 1 atom stereocenters. The van der Waals surface area contributed by atoms with Crippen LogP contribution in [0.5, 0.6) is 0 Å². The van der Waals surface area contributed by atoms with E-state index >= 15 is 0 Å². The number of esters is 1. The van der Waals surface area contributed by atoms with Gasteiger partial charge in [-0.2, -0.15) is 0 Å². The number of hydrogen-bond donors (Lipinski definition) is 1. The van der Waals surface area contributed by atoms with Gasteiger partial charge in [0.05, 0.1) is 0 Å². The fourth-order valence-electron chi connectivity index (χ4n) is 2.17. The van der Waals surface area contributed by atoms with E-state index in [1.165, 1.54) is 11.3 Å². The summed E-state index contributed by atoms with van der Waals surface area (Å²) in [6.45, 7) is 7.85. The van der Waals surface area contributed by atoms with Crippen LogP contribution in [-0.2, 0) is 4.74 Å². The van der Waals surface area contributed by atoms with E-state index in [0.29, 0.717) is 17.6 Å². The zero-order chi connectivity index (χ0) is 18.5. The number of carbonyl (C=O) groups excluding carboxylic acids is 1. The summed E-state index contributed by atoms with van der Waals surface area (Å²) in [4.78, 5) is 16.4. The minimum atomic E-state index is -0.681. The van der Waals surface area contributed by atoms with E-state index in [4.69, 9.17) is 9.15 Å². The number of rotatable bonds is 7. The predicted octanol–water partition coefficient (Wildman–Crippen LogP) is 4.02. The molecule has 0 unspecified atom stereocenters. The quantitative estimate of drug-likeness (QED) is 0.496. The normalized spacial score (nSPS) is 11.8. The second kappa shape index (κ2) is 7.92. The average molecular weight is 370 g/mol. The molecule has 3 rings (SSSR count).